The van der Waals surface area contributed by atoms with E-state index in [2.05, 4.69) is 22.1 Å². The molecule has 0 aliphatic carbocycles. The Kier molecular flexibility index (Phi) is 9.89. The molecule has 0 aromatic heterocycles. The molecule has 0 aliphatic heterocycles. The van der Waals surface area contributed by atoms with Crippen LogP contribution in [0.5, 0.6) is 0 Å². The minimum absolute atomic E-state index is 0.180. The molecule has 6 nitrogen and oxygen atoms in total. The summed E-state index contributed by atoms with van der Waals surface area (Å²) in [6.07, 6.45) is 1.64. The zero-order chi connectivity index (χ0) is 24.6. The summed E-state index contributed by atoms with van der Waals surface area (Å²) in [4.78, 5) is 32.7. The predicted molar refractivity (Wildman–Crippen MR) is 137 cm³/mol. The summed E-state index contributed by atoms with van der Waals surface area (Å²) in [6.45, 7) is 9.12. The fourth-order valence-electron chi connectivity index (χ4n) is 3.08. The molecule has 8 heteroatoms. The molecular weight excluding hydrogens is 461 g/mol. The van der Waals surface area contributed by atoms with Crippen molar-refractivity contribution in [2.45, 2.75) is 40.5 Å². The first-order chi connectivity index (χ1) is 15.6. The Bertz CT molecular complexity index is 999. The van der Waals surface area contributed by atoms with Gasteiger partial charge in [-0.05, 0) is 62.2 Å². The number of anilines is 2. The summed E-state index contributed by atoms with van der Waals surface area (Å²) < 4.78 is 0. The summed E-state index contributed by atoms with van der Waals surface area (Å²) in [5.41, 5.74) is 0.852. The van der Waals surface area contributed by atoms with Gasteiger partial charge in [0.25, 0.3) is 5.91 Å². The van der Waals surface area contributed by atoms with E-state index in [4.69, 9.17) is 28.3 Å². The predicted octanol–water partition coefficient (Wildman–Crippen LogP) is 5.92. The number of nitrogens with zero attached hydrogens (tertiary/aromatic N) is 2. The van der Waals surface area contributed by atoms with Crippen LogP contribution < -0.4 is 10.2 Å². The summed E-state index contributed by atoms with van der Waals surface area (Å²) in [7, 11) is 0. The van der Waals surface area contributed by atoms with Gasteiger partial charge in [-0.3, -0.25) is 9.59 Å². The largest absolute Gasteiger partial charge is 0.396 e. The SMILES string of the molecule is CCN(CCCCO)c1ccc(/N=C(/C(=O)Nc2ccc(Cl)cc2Cl)C(=O)C(C)(C)C)cc1. The lowest BCUT2D eigenvalue weighted by Gasteiger charge is -2.23. The van der Waals surface area contributed by atoms with Crippen molar-refractivity contribution >= 4 is 57.7 Å². The van der Waals surface area contributed by atoms with Crippen LogP contribution in [-0.2, 0) is 9.59 Å². The number of nitrogens with one attached hydrogen (secondary N) is 1. The number of Topliss-reactive ketones (excluding diaryl/α,β-unsaturated/α-hetero) is 1. The standard InChI is InChI=1S/C25H31Cl2N3O3/c1-5-30(14-6-7-15-31)19-11-9-18(10-12-19)28-22(23(32)25(2,3)4)24(33)29-21-13-8-17(26)16-20(21)27/h8-13,16,31H,5-7,14-15H2,1-4H3,(H,29,33)/b28-22+. The van der Waals surface area contributed by atoms with E-state index in [1.165, 1.54) is 6.07 Å². The molecule has 33 heavy (non-hydrogen) atoms. The van der Waals surface area contributed by atoms with Gasteiger partial charge in [0.2, 0.25) is 0 Å². The maximum absolute atomic E-state index is 13.0. The Morgan fingerprint density at radius 3 is 2.27 bits per heavy atom. The Hall–Kier alpha value is -2.41. The van der Waals surface area contributed by atoms with E-state index in [9.17, 15) is 9.59 Å². The first-order valence-corrected chi connectivity index (χ1v) is 11.7. The molecule has 0 saturated heterocycles. The number of aliphatic hydroxyl groups is 1. The molecule has 0 spiro atoms. The molecule has 0 atom stereocenters. The van der Waals surface area contributed by atoms with Gasteiger partial charge in [0.1, 0.15) is 0 Å². The summed E-state index contributed by atoms with van der Waals surface area (Å²) in [5.74, 6) is -1.02. The van der Waals surface area contributed by atoms with Crippen LogP contribution in [0.4, 0.5) is 17.1 Å². The Morgan fingerprint density at radius 2 is 1.73 bits per heavy atom. The molecule has 178 valence electrons. The fourth-order valence-corrected chi connectivity index (χ4v) is 3.54. The lowest BCUT2D eigenvalue weighted by molar-refractivity contribution is -0.121. The van der Waals surface area contributed by atoms with Crippen LogP contribution in [0.25, 0.3) is 0 Å². The van der Waals surface area contributed by atoms with E-state index in [0.717, 1.165) is 31.6 Å². The normalized spacial score (nSPS) is 11.9. The molecule has 0 radical (unpaired) electrons. The van der Waals surface area contributed by atoms with Gasteiger partial charge in [0, 0.05) is 35.8 Å². The van der Waals surface area contributed by atoms with Gasteiger partial charge < -0.3 is 15.3 Å². The van der Waals surface area contributed by atoms with Gasteiger partial charge in [0.05, 0.1) is 16.4 Å². The number of aliphatic imine (C=N–C) groups is 1. The van der Waals surface area contributed by atoms with E-state index in [0.29, 0.717) is 16.4 Å². The van der Waals surface area contributed by atoms with Crippen molar-refractivity contribution in [2.75, 3.05) is 29.9 Å². The van der Waals surface area contributed by atoms with Crippen LogP contribution in [0.3, 0.4) is 0 Å². The highest BCUT2D eigenvalue weighted by atomic mass is 35.5. The van der Waals surface area contributed by atoms with E-state index >= 15 is 0 Å². The van der Waals surface area contributed by atoms with Crippen molar-refractivity contribution in [1.29, 1.82) is 0 Å². The molecule has 1 amide bonds. The van der Waals surface area contributed by atoms with E-state index < -0.39 is 11.3 Å². The molecule has 2 N–H and O–H groups in total. The van der Waals surface area contributed by atoms with Gasteiger partial charge >= 0.3 is 0 Å². The third kappa shape index (κ3) is 7.84. The number of hydrogen-bond acceptors (Lipinski definition) is 5. The minimum Gasteiger partial charge on any atom is -0.396 e. The van der Waals surface area contributed by atoms with Crippen LogP contribution in [-0.4, -0.2) is 42.2 Å². The third-order valence-electron chi connectivity index (χ3n) is 4.96. The highest BCUT2D eigenvalue weighted by Gasteiger charge is 2.31. The highest BCUT2D eigenvalue weighted by Crippen LogP contribution is 2.27. The molecule has 0 heterocycles. The van der Waals surface area contributed by atoms with E-state index in [1.807, 2.05) is 12.1 Å². The number of hydrogen-bond donors (Lipinski definition) is 2. The molecule has 2 aromatic rings. The molecule has 0 saturated carbocycles. The number of carbonyl (C=O) groups is 2. The van der Waals surface area contributed by atoms with Gasteiger partial charge in [0.15, 0.2) is 11.5 Å². The zero-order valence-electron chi connectivity index (χ0n) is 19.5. The first kappa shape index (κ1) is 26.8. The number of carbonyl (C=O) groups excluding carboxylic acids is 2. The van der Waals surface area contributed by atoms with Crippen molar-refractivity contribution in [3.8, 4) is 0 Å². The second-order valence-electron chi connectivity index (χ2n) is 8.64. The van der Waals surface area contributed by atoms with Crippen molar-refractivity contribution in [3.05, 3.63) is 52.5 Å². The molecule has 2 rings (SSSR count). The van der Waals surface area contributed by atoms with Crippen LogP contribution in [0.2, 0.25) is 10.0 Å². The molecule has 0 fully saturated rings. The number of benzene rings is 2. The molecule has 0 aliphatic rings. The third-order valence-corrected chi connectivity index (χ3v) is 5.51. The topological polar surface area (TPSA) is 82.0 Å². The highest BCUT2D eigenvalue weighted by molar-refractivity contribution is 6.68. The van der Waals surface area contributed by atoms with E-state index in [-0.39, 0.29) is 23.1 Å². The summed E-state index contributed by atoms with van der Waals surface area (Å²) in [5, 5.41) is 12.4. The number of halogens is 2. The summed E-state index contributed by atoms with van der Waals surface area (Å²) >= 11 is 12.1. The lowest BCUT2D eigenvalue weighted by atomic mass is 9.87. The number of amides is 1. The number of ketones is 1. The number of rotatable bonds is 10. The van der Waals surface area contributed by atoms with Crippen LogP contribution in [0.15, 0.2) is 47.5 Å². The van der Waals surface area contributed by atoms with Gasteiger partial charge in [-0.2, -0.15) is 0 Å². The van der Waals surface area contributed by atoms with Crippen molar-refractivity contribution < 1.29 is 14.7 Å². The Morgan fingerprint density at radius 1 is 1.06 bits per heavy atom. The average Bonchev–Trinajstić information content (AvgIpc) is 2.76. The zero-order valence-corrected chi connectivity index (χ0v) is 21.0. The van der Waals surface area contributed by atoms with Crippen LogP contribution in [0, 0.1) is 5.41 Å². The number of aliphatic hydroxyl groups excluding tert-OH is 1. The van der Waals surface area contributed by atoms with Crippen LogP contribution >= 0.6 is 23.2 Å². The minimum atomic E-state index is -0.800. The molecule has 2 aromatic carbocycles. The van der Waals surface area contributed by atoms with Gasteiger partial charge in [-0.25, -0.2) is 4.99 Å². The lowest BCUT2D eigenvalue weighted by Crippen LogP contribution is -2.37. The van der Waals surface area contributed by atoms with E-state index in [1.54, 1.807) is 45.0 Å². The number of unbranched alkanes of at least 4 members (excludes halogenated alkanes) is 1. The first-order valence-electron chi connectivity index (χ1n) is 10.9. The quantitative estimate of drug-likeness (QED) is 0.245. The molecule has 0 bridgehead atoms. The fraction of sp³-hybridized carbons (Fsp3) is 0.400. The second kappa shape index (κ2) is 12.2. The molecule has 0 unspecified atom stereocenters. The Balaban J connectivity index is 2.32. The van der Waals surface area contributed by atoms with Gasteiger partial charge in [-0.1, -0.05) is 44.0 Å². The van der Waals surface area contributed by atoms with Gasteiger partial charge in [-0.15, -0.1) is 0 Å². The van der Waals surface area contributed by atoms with Crippen molar-refractivity contribution in [2.24, 2.45) is 10.4 Å². The van der Waals surface area contributed by atoms with Crippen LogP contribution in [0.1, 0.15) is 40.5 Å². The molecular formula is C25H31Cl2N3O3. The maximum Gasteiger partial charge on any atom is 0.278 e. The average molecular weight is 492 g/mol. The van der Waals surface area contributed by atoms with Crippen molar-refractivity contribution in [3.63, 3.8) is 0 Å². The summed E-state index contributed by atoms with van der Waals surface area (Å²) in [6, 6.07) is 12.1. The second-order valence-corrected chi connectivity index (χ2v) is 9.49. The smallest absolute Gasteiger partial charge is 0.278 e. The van der Waals surface area contributed by atoms with Crippen molar-refractivity contribution in [1.82, 2.24) is 0 Å². The maximum atomic E-state index is 13.0. The Labute approximate surface area is 205 Å². The monoisotopic (exact) mass is 491 g/mol.